The lowest BCUT2D eigenvalue weighted by Crippen LogP contribution is -2.42. The van der Waals surface area contributed by atoms with E-state index in [0.29, 0.717) is 24.1 Å². The zero-order chi connectivity index (χ0) is 23.8. The van der Waals surface area contributed by atoms with Crippen LogP contribution in [0.2, 0.25) is 0 Å². The van der Waals surface area contributed by atoms with Gasteiger partial charge in [-0.2, -0.15) is 0 Å². The van der Waals surface area contributed by atoms with Crippen molar-refractivity contribution in [2.75, 3.05) is 13.1 Å². The fraction of sp³-hybridized carbons (Fsp3) is 0.385. The van der Waals surface area contributed by atoms with Gasteiger partial charge in [-0.1, -0.05) is 25.1 Å². The van der Waals surface area contributed by atoms with Gasteiger partial charge in [0.15, 0.2) is 0 Å². The highest BCUT2D eigenvalue weighted by Crippen LogP contribution is 2.34. The lowest BCUT2D eigenvalue weighted by molar-refractivity contribution is -0.149. The van der Waals surface area contributed by atoms with Gasteiger partial charge in [-0.25, -0.2) is 4.98 Å². The molecule has 2 N–H and O–H groups in total. The minimum absolute atomic E-state index is 0.107. The topological polar surface area (TPSA) is 102 Å². The quantitative estimate of drug-likeness (QED) is 0.429. The Morgan fingerprint density at radius 2 is 2.12 bits per heavy atom. The van der Waals surface area contributed by atoms with E-state index in [2.05, 4.69) is 16.7 Å². The molecule has 1 aromatic carbocycles. The van der Waals surface area contributed by atoms with E-state index in [4.69, 9.17) is 9.72 Å². The molecule has 2 atom stereocenters. The molecule has 1 saturated heterocycles. The molecule has 8 nitrogen and oxygen atoms in total. The minimum Gasteiger partial charge on any atom is -0.456 e. The van der Waals surface area contributed by atoms with Gasteiger partial charge in [0.2, 0.25) is 5.91 Å². The van der Waals surface area contributed by atoms with E-state index in [-0.39, 0.29) is 24.1 Å². The molecule has 34 heavy (non-hydrogen) atoms. The Kier molecular flexibility index (Phi) is 5.91. The van der Waals surface area contributed by atoms with Crippen molar-refractivity contribution in [1.82, 2.24) is 20.2 Å². The van der Waals surface area contributed by atoms with Gasteiger partial charge >= 0.3 is 5.97 Å². The van der Waals surface area contributed by atoms with Crippen LogP contribution in [0.5, 0.6) is 0 Å². The number of carbonyl (C=O) groups excluding carboxylic acids is 2. The van der Waals surface area contributed by atoms with Crippen molar-refractivity contribution in [3.8, 4) is 11.4 Å². The zero-order valence-corrected chi connectivity index (χ0v) is 19.4. The van der Waals surface area contributed by atoms with Crippen LogP contribution >= 0.6 is 0 Å². The van der Waals surface area contributed by atoms with E-state index in [1.165, 1.54) is 0 Å². The first-order valence-electron chi connectivity index (χ1n) is 11.8. The fourth-order valence-corrected chi connectivity index (χ4v) is 4.89. The van der Waals surface area contributed by atoms with Crippen LogP contribution in [0.1, 0.15) is 49.0 Å². The molecule has 8 heteroatoms. The number of nitrogens with zero attached hydrogens (tertiary/aromatic N) is 2. The maximum absolute atomic E-state index is 13.2. The number of hydrogen-bond donors (Lipinski definition) is 2. The number of amides is 1. The Bertz CT molecular complexity index is 1340. The van der Waals surface area contributed by atoms with Gasteiger partial charge in [0.1, 0.15) is 12.6 Å². The first-order chi connectivity index (χ1) is 16.5. The predicted octanol–water partition coefficient (Wildman–Crippen LogP) is 2.60. The average molecular weight is 461 g/mol. The molecule has 0 radical (unpaired) electrons. The summed E-state index contributed by atoms with van der Waals surface area (Å²) in [4.78, 5) is 42.8. The third-order valence-electron chi connectivity index (χ3n) is 6.73. The molecular formula is C26H28N4O4. The van der Waals surface area contributed by atoms with Gasteiger partial charge in [0, 0.05) is 22.1 Å². The van der Waals surface area contributed by atoms with Gasteiger partial charge in [-0.15, -0.1) is 0 Å². The molecule has 0 aliphatic carbocycles. The van der Waals surface area contributed by atoms with E-state index in [0.717, 1.165) is 47.2 Å². The monoisotopic (exact) mass is 460 g/mol. The summed E-state index contributed by atoms with van der Waals surface area (Å²) in [6.07, 6.45) is 1.63. The number of carbonyl (C=O) groups is 2. The van der Waals surface area contributed by atoms with Crippen LogP contribution in [0.4, 0.5) is 0 Å². The van der Waals surface area contributed by atoms with Gasteiger partial charge in [-0.3, -0.25) is 14.4 Å². The number of benzene rings is 1. The molecule has 1 amide bonds. The van der Waals surface area contributed by atoms with Crippen LogP contribution < -0.4 is 16.2 Å². The summed E-state index contributed by atoms with van der Waals surface area (Å²) in [6.45, 7) is 4.75. The average Bonchev–Trinajstić information content (AvgIpc) is 3.50. The van der Waals surface area contributed by atoms with Crippen LogP contribution in [-0.4, -0.2) is 40.6 Å². The Hall–Kier alpha value is -3.52. The van der Waals surface area contributed by atoms with Crippen molar-refractivity contribution in [2.45, 2.75) is 51.8 Å². The zero-order valence-electron chi connectivity index (χ0n) is 19.4. The molecule has 2 aromatic heterocycles. The number of hydrogen-bond acceptors (Lipinski definition) is 6. The smallest absolute Gasteiger partial charge is 0.326 e. The third-order valence-corrected chi connectivity index (χ3v) is 6.73. The van der Waals surface area contributed by atoms with E-state index < -0.39 is 12.1 Å². The first kappa shape index (κ1) is 22.3. The summed E-state index contributed by atoms with van der Waals surface area (Å²) in [5, 5.41) is 6.80. The number of ether oxygens (including phenoxy) is 1. The molecule has 4 heterocycles. The van der Waals surface area contributed by atoms with E-state index in [1.807, 2.05) is 37.3 Å². The number of esters is 1. The SMILES string of the molecule is CCC(OC(=O)CNC(=O)C1CCCN1)c1cc2n(c(=O)c1C)Cc1cc3ccccc3nc1-2. The fourth-order valence-electron chi connectivity index (χ4n) is 4.89. The highest BCUT2D eigenvalue weighted by molar-refractivity contribution is 5.86. The molecule has 2 aliphatic rings. The Balaban J connectivity index is 1.40. The van der Waals surface area contributed by atoms with Crippen molar-refractivity contribution in [2.24, 2.45) is 0 Å². The van der Waals surface area contributed by atoms with Crippen molar-refractivity contribution >= 4 is 22.8 Å². The van der Waals surface area contributed by atoms with Crippen LogP contribution in [0.3, 0.4) is 0 Å². The number of para-hydroxylation sites is 1. The number of pyridine rings is 2. The second-order valence-electron chi connectivity index (χ2n) is 8.94. The van der Waals surface area contributed by atoms with Crippen molar-refractivity contribution in [3.63, 3.8) is 0 Å². The lowest BCUT2D eigenvalue weighted by atomic mass is 10.0. The molecule has 0 spiro atoms. The van der Waals surface area contributed by atoms with E-state index in [1.54, 1.807) is 11.5 Å². The van der Waals surface area contributed by atoms with Gasteiger partial charge in [-0.05, 0) is 50.9 Å². The second-order valence-corrected chi connectivity index (χ2v) is 8.94. The summed E-state index contributed by atoms with van der Waals surface area (Å²) >= 11 is 0. The van der Waals surface area contributed by atoms with E-state index in [9.17, 15) is 14.4 Å². The highest BCUT2D eigenvalue weighted by atomic mass is 16.5. The maximum Gasteiger partial charge on any atom is 0.326 e. The molecule has 5 rings (SSSR count). The highest BCUT2D eigenvalue weighted by Gasteiger charge is 2.28. The largest absolute Gasteiger partial charge is 0.456 e. The number of aromatic nitrogens is 2. The number of nitrogens with one attached hydrogen (secondary N) is 2. The lowest BCUT2D eigenvalue weighted by Gasteiger charge is -2.20. The molecule has 176 valence electrons. The summed E-state index contributed by atoms with van der Waals surface area (Å²) in [5.74, 6) is -0.716. The molecule has 0 saturated carbocycles. The standard InChI is InChI=1S/C26H28N4O4/c1-3-22(34-23(31)13-28-25(32)20-9-6-10-27-20)18-12-21-24-17(14-30(21)26(33)15(18)2)11-16-7-4-5-8-19(16)29-24/h4-5,7-8,11-12,20,22,27H,3,6,9-10,13-14H2,1-2H3,(H,28,32). The summed E-state index contributed by atoms with van der Waals surface area (Å²) in [7, 11) is 0. The summed E-state index contributed by atoms with van der Waals surface area (Å²) in [6, 6.07) is 11.6. The molecule has 2 aliphatic heterocycles. The molecule has 3 aromatic rings. The Morgan fingerprint density at radius 3 is 2.88 bits per heavy atom. The molecule has 1 fully saturated rings. The van der Waals surface area contributed by atoms with Gasteiger partial charge in [0.25, 0.3) is 5.56 Å². The summed E-state index contributed by atoms with van der Waals surface area (Å²) in [5.41, 5.74) is 4.52. The van der Waals surface area contributed by atoms with Crippen LogP contribution in [0.15, 0.2) is 41.2 Å². The molecule has 0 bridgehead atoms. The predicted molar refractivity (Wildman–Crippen MR) is 128 cm³/mol. The Morgan fingerprint density at radius 1 is 1.29 bits per heavy atom. The maximum atomic E-state index is 13.2. The number of rotatable bonds is 6. The van der Waals surface area contributed by atoms with Crippen LogP contribution in [-0.2, 0) is 20.9 Å². The molecular weight excluding hydrogens is 432 g/mol. The van der Waals surface area contributed by atoms with Gasteiger partial charge in [0.05, 0.1) is 29.5 Å². The van der Waals surface area contributed by atoms with Crippen LogP contribution in [0.25, 0.3) is 22.3 Å². The van der Waals surface area contributed by atoms with E-state index >= 15 is 0 Å². The third kappa shape index (κ3) is 3.98. The van der Waals surface area contributed by atoms with Crippen molar-refractivity contribution < 1.29 is 14.3 Å². The van der Waals surface area contributed by atoms with Gasteiger partial charge < -0.3 is 19.9 Å². The second kappa shape index (κ2) is 9.02. The Labute approximate surface area is 197 Å². The minimum atomic E-state index is -0.586. The van der Waals surface area contributed by atoms with Crippen LogP contribution in [0, 0.1) is 6.92 Å². The normalized spacial score (nSPS) is 17.3. The first-order valence-corrected chi connectivity index (χ1v) is 11.8. The van der Waals surface area contributed by atoms with Crippen molar-refractivity contribution in [3.05, 3.63) is 63.4 Å². The molecule has 2 unspecified atom stereocenters. The number of fused-ring (bicyclic) bond motifs is 4. The summed E-state index contributed by atoms with van der Waals surface area (Å²) < 4.78 is 7.44. The van der Waals surface area contributed by atoms with Crippen molar-refractivity contribution in [1.29, 1.82) is 0 Å².